The van der Waals surface area contributed by atoms with Crippen molar-refractivity contribution in [3.63, 3.8) is 0 Å². The molecule has 7 heteroatoms. The maximum atomic E-state index is 8.66. The van der Waals surface area contributed by atoms with Gasteiger partial charge in [0.1, 0.15) is 6.61 Å². The van der Waals surface area contributed by atoms with Crippen LogP contribution in [0.2, 0.25) is 5.02 Å². The van der Waals surface area contributed by atoms with Gasteiger partial charge in [0, 0.05) is 18.1 Å². The number of methoxy groups -OCH3 is 1. The van der Waals surface area contributed by atoms with E-state index in [1.165, 1.54) is 0 Å². The fourth-order valence-electron chi connectivity index (χ4n) is 2.30. The van der Waals surface area contributed by atoms with Gasteiger partial charge >= 0.3 is 0 Å². The molecule has 2 aromatic carbocycles. The zero-order valence-corrected chi connectivity index (χ0v) is 17.0. The molecule has 0 fully saturated rings. The molecule has 26 heavy (non-hydrogen) atoms. The average molecular weight is 445 g/mol. The molecule has 0 aliphatic carbocycles. The lowest BCUT2D eigenvalue weighted by Gasteiger charge is -2.15. The largest absolute Gasteiger partial charge is 0.493 e. The zero-order valence-electron chi connectivity index (χ0n) is 14.6. The summed E-state index contributed by atoms with van der Waals surface area (Å²) in [7, 11) is 1.62. The fraction of sp³-hybridized carbons (Fsp3) is 0.368. The molecule has 0 spiro atoms. The summed E-state index contributed by atoms with van der Waals surface area (Å²) in [6.07, 6.45) is 0. The van der Waals surface area contributed by atoms with Crippen LogP contribution in [0, 0.1) is 0 Å². The summed E-state index contributed by atoms with van der Waals surface area (Å²) in [6.45, 7) is 2.76. The summed E-state index contributed by atoms with van der Waals surface area (Å²) in [5.41, 5.74) is 2.09. The molecule has 0 atom stereocenters. The molecule has 0 amide bonds. The first-order valence-corrected chi connectivity index (χ1v) is 9.44. The molecule has 2 N–H and O–H groups in total. The number of rotatable bonds is 11. The molecule has 0 aliphatic rings. The van der Waals surface area contributed by atoms with E-state index in [0.717, 1.165) is 15.6 Å². The number of hydrogen-bond donors (Lipinski definition) is 2. The second-order valence-corrected chi connectivity index (χ2v) is 6.83. The Morgan fingerprint density at radius 3 is 2.58 bits per heavy atom. The molecular formula is C19H23BrClNO4. The lowest BCUT2D eigenvalue weighted by molar-refractivity contribution is 0.0938. The highest BCUT2D eigenvalue weighted by atomic mass is 79.9. The van der Waals surface area contributed by atoms with E-state index in [4.69, 9.17) is 30.9 Å². The van der Waals surface area contributed by atoms with Gasteiger partial charge in [0.15, 0.2) is 11.5 Å². The topological polar surface area (TPSA) is 60.0 Å². The molecular weight excluding hydrogens is 422 g/mol. The van der Waals surface area contributed by atoms with E-state index in [9.17, 15) is 0 Å². The number of ether oxygens (including phenoxy) is 3. The lowest BCUT2D eigenvalue weighted by Crippen LogP contribution is -2.20. The van der Waals surface area contributed by atoms with Crippen LogP contribution in [0.3, 0.4) is 0 Å². The van der Waals surface area contributed by atoms with Crippen LogP contribution >= 0.6 is 27.5 Å². The van der Waals surface area contributed by atoms with E-state index >= 15 is 0 Å². The van der Waals surface area contributed by atoms with Crippen LogP contribution in [0.15, 0.2) is 40.9 Å². The minimum atomic E-state index is 0.0433. The van der Waals surface area contributed by atoms with E-state index in [0.29, 0.717) is 49.4 Å². The molecule has 2 aromatic rings. The summed E-state index contributed by atoms with van der Waals surface area (Å²) >= 11 is 9.46. The molecule has 0 saturated carbocycles. The maximum absolute atomic E-state index is 8.66. The lowest BCUT2D eigenvalue weighted by atomic mass is 10.2. The number of aliphatic hydroxyl groups excluding tert-OH is 1. The second-order valence-electron chi connectivity index (χ2n) is 5.54. The summed E-state index contributed by atoms with van der Waals surface area (Å²) in [6, 6.07) is 11.5. The van der Waals surface area contributed by atoms with Crippen LogP contribution in [0.4, 0.5) is 0 Å². The third-order valence-corrected chi connectivity index (χ3v) is 4.41. The van der Waals surface area contributed by atoms with Gasteiger partial charge < -0.3 is 24.6 Å². The Balaban J connectivity index is 1.94. The monoisotopic (exact) mass is 443 g/mol. The van der Waals surface area contributed by atoms with Gasteiger partial charge in [-0.2, -0.15) is 0 Å². The first-order valence-electron chi connectivity index (χ1n) is 8.27. The summed E-state index contributed by atoms with van der Waals surface area (Å²) < 4.78 is 17.5. The van der Waals surface area contributed by atoms with E-state index in [1.54, 1.807) is 7.11 Å². The molecule has 0 unspecified atom stereocenters. The van der Waals surface area contributed by atoms with Gasteiger partial charge in [-0.05, 0) is 51.3 Å². The van der Waals surface area contributed by atoms with E-state index in [2.05, 4.69) is 21.2 Å². The SMILES string of the molecule is COc1cc(CNCCOCCO)cc(Br)c1OCc1ccc(Cl)cc1. The maximum Gasteiger partial charge on any atom is 0.175 e. The van der Waals surface area contributed by atoms with Crippen LogP contribution < -0.4 is 14.8 Å². The fourth-order valence-corrected chi connectivity index (χ4v) is 3.03. The minimum Gasteiger partial charge on any atom is -0.493 e. The molecule has 0 aliphatic heterocycles. The Kier molecular flexibility index (Phi) is 9.22. The summed E-state index contributed by atoms with van der Waals surface area (Å²) in [5, 5.41) is 12.6. The van der Waals surface area contributed by atoms with Crippen molar-refractivity contribution in [3.05, 3.63) is 57.0 Å². The Labute approximate surface area is 167 Å². The van der Waals surface area contributed by atoms with Gasteiger partial charge in [-0.1, -0.05) is 23.7 Å². The third-order valence-electron chi connectivity index (χ3n) is 3.57. The van der Waals surface area contributed by atoms with E-state index in [1.807, 2.05) is 36.4 Å². The van der Waals surface area contributed by atoms with Crippen molar-refractivity contribution in [2.24, 2.45) is 0 Å². The predicted molar refractivity (Wildman–Crippen MR) is 106 cm³/mol. The van der Waals surface area contributed by atoms with Crippen LogP contribution in [-0.2, 0) is 17.9 Å². The number of aliphatic hydroxyl groups is 1. The van der Waals surface area contributed by atoms with E-state index < -0.39 is 0 Å². The summed E-state index contributed by atoms with van der Waals surface area (Å²) in [4.78, 5) is 0. The van der Waals surface area contributed by atoms with Gasteiger partial charge in [-0.3, -0.25) is 0 Å². The second kappa shape index (κ2) is 11.4. The molecule has 5 nitrogen and oxygen atoms in total. The van der Waals surface area contributed by atoms with Crippen LogP contribution in [0.1, 0.15) is 11.1 Å². The smallest absolute Gasteiger partial charge is 0.175 e. The minimum absolute atomic E-state index is 0.0433. The van der Waals surface area contributed by atoms with Gasteiger partial charge in [0.05, 0.1) is 31.4 Å². The van der Waals surface area contributed by atoms with Gasteiger partial charge in [0.25, 0.3) is 0 Å². The molecule has 0 bridgehead atoms. The molecule has 0 heterocycles. The van der Waals surface area contributed by atoms with E-state index in [-0.39, 0.29) is 6.61 Å². The average Bonchev–Trinajstić information content (AvgIpc) is 2.64. The van der Waals surface area contributed by atoms with Crippen LogP contribution in [0.5, 0.6) is 11.5 Å². The highest BCUT2D eigenvalue weighted by Gasteiger charge is 2.12. The van der Waals surface area contributed by atoms with Crippen molar-refractivity contribution in [2.75, 3.05) is 33.5 Å². The molecule has 142 valence electrons. The predicted octanol–water partition coefficient (Wildman–Crippen LogP) is 3.79. The first-order chi connectivity index (χ1) is 12.6. The number of benzene rings is 2. The van der Waals surface area contributed by atoms with Gasteiger partial charge in [-0.15, -0.1) is 0 Å². The van der Waals surface area contributed by atoms with Crippen LogP contribution in [-0.4, -0.2) is 38.6 Å². The van der Waals surface area contributed by atoms with Crippen molar-refractivity contribution >= 4 is 27.5 Å². The Morgan fingerprint density at radius 2 is 1.88 bits per heavy atom. The zero-order chi connectivity index (χ0) is 18.8. The quantitative estimate of drug-likeness (QED) is 0.516. The Hall–Kier alpha value is -1.31. The van der Waals surface area contributed by atoms with Gasteiger partial charge in [0.2, 0.25) is 0 Å². The third kappa shape index (κ3) is 6.78. The Morgan fingerprint density at radius 1 is 1.12 bits per heavy atom. The molecule has 2 rings (SSSR count). The van der Waals surface area contributed by atoms with Crippen molar-refractivity contribution < 1.29 is 19.3 Å². The van der Waals surface area contributed by atoms with Crippen molar-refractivity contribution in [2.45, 2.75) is 13.2 Å². The highest BCUT2D eigenvalue weighted by Crippen LogP contribution is 2.37. The standard InChI is InChI=1S/C19H23BrClNO4/c1-24-18-11-15(12-22-6-8-25-9-7-23)10-17(20)19(18)26-13-14-2-4-16(21)5-3-14/h2-5,10-11,22-23H,6-9,12-13H2,1H3. The molecule has 0 saturated heterocycles. The van der Waals surface area contributed by atoms with Crippen molar-refractivity contribution in [1.82, 2.24) is 5.32 Å². The Bertz CT molecular complexity index is 682. The first kappa shape index (κ1) is 21.0. The summed E-state index contributed by atoms with van der Waals surface area (Å²) in [5.74, 6) is 1.33. The number of nitrogens with one attached hydrogen (secondary N) is 1. The number of hydrogen-bond acceptors (Lipinski definition) is 5. The van der Waals surface area contributed by atoms with Crippen molar-refractivity contribution in [1.29, 1.82) is 0 Å². The van der Waals surface area contributed by atoms with Crippen LogP contribution in [0.25, 0.3) is 0 Å². The van der Waals surface area contributed by atoms with Crippen molar-refractivity contribution in [3.8, 4) is 11.5 Å². The highest BCUT2D eigenvalue weighted by molar-refractivity contribution is 9.10. The van der Waals surface area contributed by atoms with Gasteiger partial charge in [-0.25, -0.2) is 0 Å². The number of halogens is 2. The molecule has 0 radical (unpaired) electrons. The molecule has 0 aromatic heterocycles. The normalized spacial score (nSPS) is 10.8.